The molecular weight excluding hydrogens is 339 g/mol. The summed E-state index contributed by atoms with van der Waals surface area (Å²) in [5.41, 5.74) is 0. The molecule has 0 amide bonds. The minimum absolute atomic E-state index is 0.128. The van der Waals surface area contributed by atoms with Gasteiger partial charge in [-0.2, -0.15) is 0 Å². The van der Waals surface area contributed by atoms with Gasteiger partial charge in [0.1, 0.15) is 0 Å². The quantitative estimate of drug-likeness (QED) is 0.630. The van der Waals surface area contributed by atoms with Crippen LogP contribution in [-0.4, -0.2) is 25.9 Å². The Balaban J connectivity index is 2.68. The highest BCUT2D eigenvalue weighted by Gasteiger charge is 2.16. The molecule has 0 saturated carbocycles. The lowest BCUT2D eigenvalue weighted by atomic mass is 10.3. The normalized spacial score (nSPS) is 11.6. The third kappa shape index (κ3) is 4.03. The van der Waals surface area contributed by atoms with Crippen molar-refractivity contribution in [1.29, 1.82) is 0 Å². The second-order valence-corrected chi connectivity index (χ2v) is 6.77. The third-order valence-electron chi connectivity index (χ3n) is 2.24. The first-order chi connectivity index (χ1) is 7.58. The van der Waals surface area contributed by atoms with Gasteiger partial charge in [-0.25, -0.2) is 8.42 Å². The number of hydrogen-bond acceptors (Lipinski definition) is 3. The molecule has 1 rings (SSSR count). The van der Waals surface area contributed by atoms with Gasteiger partial charge in [0.2, 0.25) is 0 Å². The molecule has 0 radical (unpaired) electrons. The van der Waals surface area contributed by atoms with E-state index in [2.05, 4.69) is 0 Å². The predicted octanol–water partition coefficient (Wildman–Crippen LogP) is 2.23. The molecule has 0 spiro atoms. The van der Waals surface area contributed by atoms with E-state index in [4.69, 9.17) is 5.11 Å². The van der Waals surface area contributed by atoms with E-state index in [1.54, 1.807) is 18.2 Å². The SMILES string of the molecule is O=S(=O)(CCCCCO)c1ccccc1I. The Labute approximate surface area is 110 Å². The summed E-state index contributed by atoms with van der Waals surface area (Å²) in [6.07, 6.45) is 2.02. The molecule has 0 bridgehead atoms. The van der Waals surface area contributed by atoms with E-state index in [1.165, 1.54) is 0 Å². The number of aliphatic hydroxyl groups excluding tert-OH is 1. The van der Waals surface area contributed by atoms with Crippen LogP contribution in [0.3, 0.4) is 0 Å². The predicted molar refractivity (Wildman–Crippen MR) is 72.1 cm³/mol. The number of unbranched alkanes of at least 4 members (excludes halogenated alkanes) is 2. The second-order valence-electron chi connectivity index (χ2n) is 3.53. The molecule has 1 aromatic rings. The van der Waals surface area contributed by atoms with Crippen molar-refractivity contribution in [3.05, 3.63) is 27.8 Å². The van der Waals surface area contributed by atoms with Crippen molar-refractivity contribution in [1.82, 2.24) is 0 Å². The van der Waals surface area contributed by atoms with Crippen LogP contribution in [0.15, 0.2) is 29.2 Å². The average Bonchev–Trinajstić information content (AvgIpc) is 2.25. The number of rotatable bonds is 6. The van der Waals surface area contributed by atoms with E-state index in [1.807, 2.05) is 28.7 Å². The lowest BCUT2D eigenvalue weighted by Crippen LogP contribution is -2.08. The Hall–Kier alpha value is -0.140. The molecule has 16 heavy (non-hydrogen) atoms. The van der Waals surface area contributed by atoms with Crippen LogP contribution in [0.4, 0.5) is 0 Å². The molecule has 0 aliphatic carbocycles. The first-order valence-corrected chi connectivity index (χ1v) is 7.89. The van der Waals surface area contributed by atoms with Gasteiger partial charge in [0.15, 0.2) is 9.84 Å². The summed E-state index contributed by atoms with van der Waals surface area (Å²) in [7, 11) is -3.16. The Morgan fingerprint density at radius 1 is 1.12 bits per heavy atom. The first kappa shape index (κ1) is 13.9. The summed E-state index contributed by atoms with van der Waals surface area (Å²) in [5, 5.41) is 8.61. The van der Waals surface area contributed by atoms with Crippen molar-refractivity contribution in [3.63, 3.8) is 0 Å². The molecule has 3 nitrogen and oxygen atoms in total. The van der Waals surface area contributed by atoms with Crippen molar-refractivity contribution in [2.24, 2.45) is 0 Å². The zero-order chi connectivity index (χ0) is 12.0. The molecule has 0 aliphatic heterocycles. The zero-order valence-corrected chi connectivity index (χ0v) is 11.9. The summed E-state index contributed by atoms with van der Waals surface area (Å²) >= 11 is 2.03. The molecule has 0 atom stereocenters. The first-order valence-electron chi connectivity index (χ1n) is 5.16. The summed E-state index contributed by atoms with van der Waals surface area (Å²) in [6, 6.07) is 7.00. The van der Waals surface area contributed by atoms with Gasteiger partial charge in [-0.1, -0.05) is 18.6 Å². The van der Waals surface area contributed by atoms with E-state index in [0.29, 0.717) is 17.7 Å². The molecule has 1 N–H and O–H groups in total. The van der Waals surface area contributed by atoms with Gasteiger partial charge in [-0.15, -0.1) is 0 Å². The Bertz CT molecular complexity index is 429. The maximum Gasteiger partial charge on any atom is 0.179 e. The van der Waals surface area contributed by atoms with Gasteiger partial charge in [0.25, 0.3) is 0 Å². The van der Waals surface area contributed by atoms with E-state index in [-0.39, 0.29) is 12.4 Å². The largest absolute Gasteiger partial charge is 0.396 e. The van der Waals surface area contributed by atoms with Gasteiger partial charge in [0, 0.05) is 10.2 Å². The lowest BCUT2D eigenvalue weighted by molar-refractivity contribution is 0.284. The van der Waals surface area contributed by atoms with Crippen LogP contribution in [0.5, 0.6) is 0 Å². The van der Waals surface area contributed by atoms with Gasteiger partial charge in [-0.05, 0) is 47.6 Å². The zero-order valence-electron chi connectivity index (χ0n) is 8.89. The second kappa shape index (κ2) is 6.56. The molecule has 5 heteroatoms. The monoisotopic (exact) mass is 354 g/mol. The number of sulfone groups is 1. The fourth-order valence-corrected chi connectivity index (χ4v) is 4.24. The Morgan fingerprint density at radius 2 is 1.81 bits per heavy atom. The molecule has 90 valence electrons. The topological polar surface area (TPSA) is 54.4 Å². The van der Waals surface area contributed by atoms with Crippen LogP contribution in [0.2, 0.25) is 0 Å². The number of aliphatic hydroxyl groups is 1. The fraction of sp³-hybridized carbons (Fsp3) is 0.455. The average molecular weight is 354 g/mol. The van der Waals surface area contributed by atoms with Crippen molar-refractivity contribution >= 4 is 32.4 Å². The van der Waals surface area contributed by atoms with E-state index in [9.17, 15) is 8.42 Å². The summed E-state index contributed by atoms with van der Waals surface area (Å²) in [6.45, 7) is 0.128. The van der Waals surface area contributed by atoms with Gasteiger partial charge >= 0.3 is 0 Å². The minimum Gasteiger partial charge on any atom is -0.396 e. The standard InChI is InChI=1S/C11H15IO3S/c12-10-6-2-3-7-11(10)16(14,15)9-5-1-4-8-13/h2-3,6-7,13H,1,4-5,8-9H2. The molecule has 0 saturated heterocycles. The third-order valence-corrected chi connectivity index (χ3v) is 5.40. The van der Waals surface area contributed by atoms with Crippen LogP contribution >= 0.6 is 22.6 Å². The molecule has 0 aromatic heterocycles. The molecule has 0 aliphatic rings. The highest BCUT2D eigenvalue weighted by atomic mass is 127. The Morgan fingerprint density at radius 3 is 2.44 bits per heavy atom. The maximum atomic E-state index is 11.9. The summed E-state index contributed by atoms with van der Waals surface area (Å²) in [5.74, 6) is 0.160. The van der Waals surface area contributed by atoms with Crippen LogP contribution in [-0.2, 0) is 9.84 Å². The number of hydrogen-bond donors (Lipinski definition) is 1. The van der Waals surface area contributed by atoms with Crippen LogP contribution in [0.25, 0.3) is 0 Å². The van der Waals surface area contributed by atoms with Gasteiger partial charge in [0.05, 0.1) is 10.6 Å². The smallest absolute Gasteiger partial charge is 0.179 e. The molecule has 0 fully saturated rings. The highest BCUT2D eigenvalue weighted by molar-refractivity contribution is 14.1. The molecule has 0 unspecified atom stereocenters. The maximum absolute atomic E-state index is 11.9. The van der Waals surface area contributed by atoms with Crippen LogP contribution < -0.4 is 0 Å². The van der Waals surface area contributed by atoms with Crippen molar-refractivity contribution in [3.8, 4) is 0 Å². The summed E-state index contributed by atoms with van der Waals surface area (Å²) < 4.78 is 24.7. The molecular formula is C11H15IO3S. The van der Waals surface area contributed by atoms with E-state index < -0.39 is 9.84 Å². The van der Waals surface area contributed by atoms with Crippen LogP contribution in [0.1, 0.15) is 19.3 Å². The molecule has 1 aromatic carbocycles. The van der Waals surface area contributed by atoms with Crippen molar-refractivity contribution < 1.29 is 13.5 Å². The number of halogens is 1. The number of benzene rings is 1. The van der Waals surface area contributed by atoms with Crippen LogP contribution in [0, 0.1) is 3.57 Å². The van der Waals surface area contributed by atoms with Crippen molar-refractivity contribution in [2.75, 3.05) is 12.4 Å². The Kier molecular flexibility index (Phi) is 5.71. The fourth-order valence-electron chi connectivity index (χ4n) is 1.39. The minimum atomic E-state index is -3.16. The van der Waals surface area contributed by atoms with Gasteiger partial charge < -0.3 is 5.11 Å². The molecule has 0 heterocycles. The lowest BCUT2D eigenvalue weighted by Gasteiger charge is -2.05. The van der Waals surface area contributed by atoms with Gasteiger partial charge in [-0.3, -0.25) is 0 Å². The summed E-state index contributed by atoms with van der Waals surface area (Å²) in [4.78, 5) is 0.416. The van der Waals surface area contributed by atoms with E-state index >= 15 is 0 Å². The highest BCUT2D eigenvalue weighted by Crippen LogP contribution is 2.19. The van der Waals surface area contributed by atoms with Crippen molar-refractivity contribution in [2.45, 2.75) is 24.2 Å². The van der Waals surface area contributed by atoms with E-state index in [0.717, 1.165) is 9.99 Å².